The van der Waals surface area contributed by atoms with Crippen LogP contribution in [0, 0.1) is 13.8 Å². The number of amides is 1. The summed E-state index contributed by atoms with van der Waals surface area (Å²) in [5.41, 5.74) is 3.62. The third-order valence-corrected chi connectivity index (χ3v) is 5.59. The van der Waals surface area contributed by atoms with Crippen molar-refractivity contribution in [3.8, 4) is 10.7 Å². The Labute approximate surface area is 150 Å². The van der Waals surface area contributed by atoms with Crippen molar-refractivity contribution in [3.05, 3.63) is 58.3 Å². The standard InChI is InChI=1S/C19H19N3O2S/c1-12-5-6-14(10-13(12)2)11-22-15(7-8-17(22)23)19-20-18(21-24-19)16-4-3-9-25-16/h3-6,9-10,15H,7-8,11H2,1-2H3. The predicted molar refractivity (Wildman–Crippen MR) is 96.1 cm³/mol. The highest BCUT2D eigenvalue weighted by Gasteiger charge is 2.36. The zero-order valence-electron chi connectivity index (χ0n) is 14.2. The Morgan fingerprint density at radius 2 is 2.16 bits per heavy atom. The van der Waals surface area contributed by atoms with Crippen LogP contribution in [0.1, 0.15) is 41.5 Å². The number of hydrogen-bond donors (Lipinski definition) is 0. The minimum absolute atomic E-state index is 0.138. The van der Waals surface area contributed by atoms with Gasteiger partial charge in [-0.05, 0) is 48.4 Å². The number of rotatable bonds is 4. The Hall–Kier alpha value is -2.47. The van der Waals surface area contributed by atoms with Gasteiger partial charge in [0.15, 0.2) is 0 Å². The van der Waals surface area contributed by atoms with Gasteiger partial charge in [0.1, 0.15) is 6.04 Å². The normalized spacial score (nSPS) is 17.4. The summed E-state index contributed by atoms with van der Waals surface area (Å²) in [5.74, 6) is 1.26. The number of likely N-dealkylation sites (tertiary alicyclic amines) is 1. The minimum Gasteiger partial charge on any atom is -0.337 e. The van der Waals surface area contributed by atoms with Gasteiger partial charge in [-0.1, -0.05) is 29.4 Å². The van der Waals surface area contributed by atoms with Crippen LogP contribution in [0.4, 0.5) is 0 Å². The van der Waals surface area contributed by atoms with E-state index in [1.54, 1.807) is 11.3 Å². The van der Waals surface area contributed by atoms with Gasteiger partial charge in [0.05, 0.1) is 4.88 Å². The van der Waals surface area contributed by atoms with Crippen LogP contribution >= 0.6 is 11.3 Å². The SMILES string of the molecule is Cc1ccc(CN2C(=O)CCC2c2nc(-c3cccs3)no2)cc1C. The van der Waals surface area contributed by atoms with Crippen LogP contribution in [0.15, 0.2) is 40.2 Å². The van der Waals surface area contributed by atoms with Crippen molar-refractivity contribution in [3.63, 3.8) is 0 Å². The highest BCUT2D eigenvalue weighted by atomic mass is 32.1. The quantitative estimate of drug-likeness (QED) is 0.702. The van der Waals surface area contributed by atoms with Crippen LogP contribution < -0.4 is 0 Å². The van der Waals surface area contributed by atoms with E-state index in [2.05, 4.69) is 42.2 Å². The van der Waals surface area contributed by atoms with Crippen molar-refractivity contribution in [1.29, 1.82) is 0 Å². The second-order valence-electron chi connectivity index (χ2n) is 6.43. The highest BCUT2D eigenvalue weighted by molar-refractivity contribution is 7.13. The number of aryl methyl sites for hydroxylation is 2. The Bertz CT molecular complexity index is 901. The third kappa shape index (κ3) is 3.09. The molecular weight excluding hydrogens is 334 g/mol. The second-order valence-corrected chi connectivity index (χ2v) is 7.38. The summed E-state index contributed by atoms with van der Waals surface area (Å²) in [7, 11) is 0. The van der Waals surface area contributed by atoms with E-state index in [0.717, 1.165) is 16.9 Å². The largest absolute Gasteiger partial charge is 0.337 e. The van der Waals surface area contributed by atoms with Crippen molar-refractivity contribution < 1.29 is 9.32 Å². The molecule has 0 aliphatic carbocycles. The van der Waals surface area contributed by atoms with E-state index in [-0.39, 0.29) is 11.9 Å². The molecule has 3 heterocycles. The summed E-state index contributed by atoms with van der Waals surface area (Å²) >= 11 is 1.57. The molecule has 5 nitrogen and oxygen atoms in total. The zero-order valence-corrected chi connectivity index (χ0v) is 15.0. The lowest BCUT2D eigenvalue weighted by molar-refractivity contribution is -0.129. The van der Waals surface area contributed by atoms with Crippen molar-refractivity contribution in [2.24, 2.45) is 0 Å². The molecule has 1 fully saturated rings. The van der Waals surface area contributed by atoms with Gasteiger partial charge in [-0.25, -0.2) is 0 Å². The molecule has 6 heteroatoms. The van der Waals surface area contributed by atoms with Crippen LogP contribution in [0.25, 0.3) is 10.7 Å². The van der Waals surface area contributed by atoms with Gasteiger partial charge in [-0.3, -0.25) is 4.79 Å². The zero-order chi connectivity index (χ0) is 17.4. The third-order valence-electron chi connectivity index (χ3n) is 4.72. The first kappa shape index (κ1) is 16.0. The van der Waals surface area contributed by atoms with E-state index in [4.69, 9.17) is 4.52 Å². The van der Waals surface area contributed by atoms with Gasteiger partial charge < -0.3 is 9.42 Å². The first-order chi connectivity index (χ1) is 12.1. The molecule has 1 aromatic carbocycles. The van der Waals surface area contributed by atoms with Gasteiger partial charge in [0.25, 0.3) is 0 Å². The molecule has 128 valence electrons. The van der Waals surface area contributed by atoms with Crippen LogP contribution in [0.5, 0.6) is 0 Å². The van der Waals surface area contributed by atoms with Crippen LogP contribution in [0.3, 0.4) is 0 Å². The van der Waals surface area contributed by atoms with Crippen molar-refractivity contribution in [2.75, 3.05) is 0 Å². The van der Waals surface area contributed by atoms with E-state index < -0.39 is 0 Å². The number of aromatic nitrogens is 2. The number of carbonyl (C=O) groups excluding carboxylic acids is 1. The number of carbonyl (C=O) groups is 1. The lowest BCUT2D eigenvalue weighted by atomic mass is 10.1. The van der Waals surface area contributed by atoms with Crippen molar-refractivity contribution in [2.45, 2.75) is 39.3 Å². The Kier molecular flexibility index (Phi) is 4.13. The molecule has 1 atom stereocenters. The van der Waals surface area contributed by atoms with E-state index in [9.17, 15) is 4.79 Å². The number of hydrogen-bond acceptors (Lipinski definition) is 5. The summed E-state index contributed by atoms with van der Waals surface area (Å²) in [5, 5.41) is 6.06. The molecule has 1 aliphatic rings. The molecule has 1 unspecified atom stereocenters. The minimum atomic E-state index is -0.143. The summed E-state index contributed by atoms with van der Waals surface area (Å²) in [6.07, 6.45) is 1.24. The van der Waals surface area contributed by atoms with Crippen LogP contribution in [-0.4, -0.2) is 20.9 Å². The van der Waals surface area contributed by atoms with E-state index in [1.165, 1.54) is 11.1 Å². The van der Waals surface area contributed by atoms with Crippen molar-refractivity contribution >= 4 is 17.2 Å². The molecule has 1 aliphatic heterocycles. The predicted octanol–water partition coefficient (Wildman–Crippen LogP) is 4.28. The molecule has 2 aromatic heterocycles. The number of nitrogens with zero attached hydrogens (tertiary/aromatic N) is 3. The van der Waals surface area contributed by atoms with E-state index in [1.807, 2.05) is 22.4 Å². The smallest absolute Gasteiger partial charge is 0.249 e. The first-order valence-corrected chi connectivity index (χ1v) is 9.23. The van der Waals surface area contributed by atoms with Gasteiger partial charge in [-0.15, -0.1) is 11.3 Å². The van der Waals surface area contributed by atoms with E-state index in [0.29, 0.717) is 24.7 Å². The molecule has 0 radical (unpaired) electrons. The highest BCUT2D eigenvalue weighted by Crippen LogP contribution is 2.34. The molecule has 25 heavy (non-hydrogen) atoms. The summed E-state index contributed by atoms with van der Waals surface area (Å²) in [4.78, 5) is 19.7. The lowest BCUT2D eigenvalue weighted by Crippen LogP contribution is -2.27. The monoisotopic (exact) mass is 353 g/mol. The summed E-state index contributed by atoms with van der Waals surface area (Å²) < 4.78 is 5.48. The number of thiophene rings is 1. The van der Waals surface area contributed by atoms with Crippen molar-refractivity contribution in [1.82, 2.24) is 15.0 Å². The first-order valence-electron chi connectivity index (χ1n) is 8.35. The molecule has 1 saturated heterocycles. The Morgan fingerprint density at radius 3 is 2.92 bits per heavy atom. The maximum absolute atomic E-state index is 12.4. The molecule has 0 bridgehead atoms. The molecule has 0 N–H and O–H groups in total. The van der Waals surface area contributed by atoms with Gasteiger partial charge in [-0.2, -0.15) is 4.98 Å². The second kappa shape index (κ2) is 6.44. The molecule has 1 amide bonds. The molecule has 3 aromatic rings. The lowest BCUT2D eigenvalue weighted by Gasteiger charge is -2.22. The summed E-state index contributed by atoms with van der Waals surface area (Å²) in [6, 6.07) is 10.1. The fraction of sp³-hybridized carbons (Fsp3) is 0.316. The fourth-order valence-corrected chi connectivity index (χ4v) is 3.81. The summed E-state index contributed by atoms with van der Waals surface area (Å²) in [6.45, 7) is 4.75. The Morgan fingerprint density at radius 1 is 1.28 bits per heavy atom. The Balaban J connectivity index is 1.58. The van der Waals surface area contributed by atoms with Gasteiger partial charge in [0.2, 0.25) is 17.6 Å². The van der Waals surface area contributed by atoms with Crippen LogP contribution in [-0.2, 0) is 11.3 Å². The van der Waals surface area contributed by atoms with Crippen LogP contribution in [0.2, 0.25) is 0 Å². The average Bonchev–Trinajstić information content (AvgIpc) is 3.32. The van der Waals surface area contributed by atoms with Gasteiger partial charge >= 0.3 is 0 Å². The number of benzene rings is 1. The van der Waals surface area contributed by atoms with Gasteiger partial charge in [0, 0.05) is 13.0 Å². The molecule has 4 rings (SSSR count). The maximum atomic E-state index is 12.4. The average molecular weight is 353 g/mol. The molecular formula is C19H19N3O2S. The fourth-order valence-electron chi connectivity index (χ4n) is 3.16. The molecule has 0 saturated carbocycles. The van der Waals surface area contributed by atoms with E-state index >= 15 is 0 Å². The maximum Gasteiger partial charge on any atom is 0.249 e. The molecule has 0 spiro atoms. The topological polar surface area (TPSA) is 59.2 Å².